The van der Waals surface area contributed by atoms with Crippen LogP contribution in [0.3, 0.4) is 0 Å². The highest BCUT2D eigenvalue weighted by molar-refractivity contribution is 7.19. The minimum Gasteiger partial charge on any atom is -0.482 e. The van der Waals surface area contributed by atoms with E-state index in [1.165, 1.54) is 16.2 Å². The van der Waals surface area contributed by atoms with Gasteiger partial charge in [-0.3, -0.25) is 4.79 Å². The van der Waals surface area contributed by atoms with E-state index in [1.807, 2.05) is 36.6 Å². The van der Waals surface area contributed by atoms with Gasteiger partial charge in [-0.05, 0) is 36.8 Å². The first kappa shape index (κ1) is 18.4. The summed E-state index contributed by atoms with van der Waals surface area (Å²) in [5.74, 6) is 0.0526. The Labute approximate surface area is 168 Å². The van der Waals surface area contributed by atoms with Crippen LogP contribution in [0.25, 0.3) is 20.7 Å². The molecule has 4 rings (SSSR count). The largest absolute Gasteiger partial charge is 0.482 e. The molecule has 3 aromatic heterocycles. The highest BCUT2D eigenvalue weighted by atomic mass is 32.1. The molecule has 0 fully saturated rings. The van der Waals surface area contributed by atoms with Gasteiger partial charge < -0.3 is 14.8 Å². The molecule has 0 atom stereocenters. The van der Waals surface area contributed by atoms with Gasteiger partial charge in [-0.2, -0.15) is 0 Å². The monoisotopic (exact) mass is 412 g/mol. The van der Waals surface area contributed by atoms with Gasteiger partial charge in [0.15, 0.2) is 6.61 Å². The lowest BCUT2D eigenvalue weighted by Gasteiger charge is -2.05. The maximum absolute atomic E-state index is 12.7. The Hall–Kier alpha value is -2.97. The third kappa shape index (κ3) is 3.83. The summed E-state index contributed by atoms with van der Waals surface area (Å²) in [5.41, 5.74) is 1.73. The molecule has 8 heteroatoms. The van der Waals surface area contributed by atoms with Gasteiger partial charge in [-0.15, -0.1) is 22.7 Å². The predicted molar refractivity (Wildman–Crippen MR) is 111 cm³/mol. The second kappa shape index (κ2) is 7.57. The summed E-state index contributed by atoms with van der Waals surface area (Å²) in [6.07, 6.45) is 0.468. The van der Waals surface area contributed by atoms with Crippen molar-refractivity contribution in [1.29, 1.82) is 0 Å². The van der Waals surface area contributed by atoms with Crippen molar-refractivity contribution in [1.82, 2.24) is 9.97 Å². The Bertz CT molecular complexity index is 1210. The molecule has 0 unspecified atom stereocenters. The van der Waals surface area contributed by atoms with Crippen molar-refractivity contribution in [3.63, 3.8) is 0 Å². The Morgan fingerprint density at radius 1 is 1.21 bits per heavy atom. The molecule has 0 saturated heterocycles. The predicted octanol–water partition coefficient (Wildman–Crippen LogP) is 4.08. The Kier molecular flexibility index (Phi) is 4.97. The number of aryl methyl sites for hydroxylation is 1. The minimum absolute atomic E-state index is 0.135. The number of aliphatic carboxylic acids is 1. The van der Waals surface area contributed by atoms with Gasteiger partial charge in [-0.1, -0.05) is 12.1 Å². The minimum atomic E-state index is -1.02. The van der Waals surface area contributed by atoms with Crippen LogP contribution in [0.15, 0.2) is 46.6 Å². The summed E-state index contributed by atoms with van der Waals surface area (Å²) in [6.45, 7) is 1.66. The summed E-state index contributed by atoms with van der Waals surface area (Å²) < 4.78 is 5.13. The second-order valence-electron chi connectivity index (χ2n) is 6.26. The molecule has 0 aliphatic rings. The molecule has 0 saturated carbocycles. The third-order valence-electron chi connectivity index (χ3n) is 4.16. The number of fused-ring (bicyclic) bond motifs is 1. The second-order valence-corrected chi connectivity index (χ2v) is 8.40. The summed E-state index contributed by atoms with van der Waals surface area (Å²) in [4.78, 5) is 33.8. The van der Waals surface area contributed by atoms with Crippen molar-refractivity contribution in [2.75, 3.05) is 6.61 Å². The fraction of sp³-hybridized carbons (Fsp3) is 0.150. The zero-order chi connectivity index (χ0) is 19.7. The molecule has 0 bridgehead atoms. The number of aromatic nitrogens is 2. The number of nitrogens with one attached hydrogen (secondary N) is 1. The Morgan fingerprint density at radius 2 is 2.00 bits per heavy atom. The SMILES string of the molecule is Cc1ccc(-c2csc3nc(Cc4ccc(OCC(=O)O)cc4)[nH]c(=O)c23)s1. The molecule has 28 heavy (non-hydrogen) atoms. The smallest absolute Gasteiger partial charge is 0.341 e. The molecule has 0 amide bonds. The van der Waals surface area contributed by atoms with E-state index in [9.17, 15) is 9.59 Å². The van der Waals surface area contributed by atoms with Crippen molar-refractivity contribution < 1.29 is 14.6 Å². The topological polar surface area (TPSA) is 92.3 Å². The number of rotatable bonds is 6. The molecular weight excluding hydrogens is 396 g/mol. The number of carboxylic acid groups (broad SMARTS) is 1. The van der Waals surface area contributed by atoms with Gasteiger partial charge in [0.25, 0.3) is 5.56 Å². The first-order valence-corrected chi connectivity index (χ1v) is 10.2. The summed E-state index contributed by atoms with van der Waals surface area (Å²) in [7, 11) is 0. The van der Waals surface area contributed by atoms with E-state index < -0.39 is 5.97 Å². The van der Waals surface area contributed by atoms with Gasteiger partial charge in [0.05, 0.1) is 5.39 Å². The van der Waals surface area contributed by atoms with Gasteiger partial charge in [0.1, 0.15) is 16.4 Å². The molecule has 4 aromatic rings. The molecule has 0 spiro atoms. The van der Waals surface area contributed by atoms with Crippen LogP contribution < -0.4 is 10.3 Å². The quantitative estimate of drug-likeness (QED) is 0.498. The lowest BCUT2D eigenvalue weighted by atomic mass is 10.1. The van der Waals surface area contributed by atoms with E-state index in [-0.39, 0.29) is 12.2 Å². The molecule has 3 heterocycles. The van der Waals surface area contributed by atoms with Crippen LogP contribution in [0, 0.1) is 6.92 Å². The molecule has 142 valence electrons. The highest BCUT2D eigenvalue weighted by Crippen LogP contribution is 2.35. The van der Waals surface area contributed by atoms with Crippen LogP contribution in [0.4, 0.5) is 0 Å². The first-order valence-electron chi connectivity index (χ1n) is 8.50. The summed E-state index contributed by atoms with van der Waals surface area (Å²) in [5, 5.41) is 11.3. The number of carboxylic acids is 1. The van der Waals surface area contributed by atoms with E-state index in [1.54, 1.807) is 23.5 Å². The van der Waals surface area contributed by atoms with Crippen LogP contribution in [0.5, 0.6) is 5.75 Å². The van der Waals surface area contributed by atoms with Crippen LogP contribution in [-0.2, 0) is 11.2 Å². The molecule has 0 aliphatic heterocycles. The van der Waals surface area contributed by atoms with Crippen LogP contribution in [0.1, 0.15) is 16.3 Å². The maximum Gasteiger partial charge on any atom is 0.341 e. The van der Waals surface area contributed by atoms with E-state index >= 15 is 0 Å². The van der Waals surface area contributed by atoms with Gasteiger partial charge in [0.2, 0.25) is 0 Å². The highest BCUT2D eigenvalue weighted by Gasteiger charge is 2.14. The fourth-order valence-electron chi connectivity index (χ4n) is 2.88. The summed E-state index contributed by atoms with van der Waals surface area (Å²) in [6, 6.07) is 11.1. The third-order valence-corrected chi connectivity index (χ3v) is 6.06. The maximum atomic E-state index is 12.7. The molecular formula is C20H16N2O4S2. The average Bonchev–Trinajstić information content (AvgIpc) is 3.27. The van der Waals surface area contributed by atoms with Gasteiger partial charge in [0, 0.05) is 27.1 Å². The lowest BCUT2D eigenvalue weighted by Crippen LogP contribution is -2.11. The molecule has 6 nitrogen and oxygen atoms in total. The number of thiophene rings is 2. The fourth-order valence-corrected chi connectivity index (χ4v) is 4.80. The van der Waals surface area contributed by atoms with E-state index in [0.29, 0.717) is 23.4 Å². The number of nitrogens with zero attached hydrogens (tertiary/aromatic N) is 1. The number of aromatic amines is 1. The van der Waals surface area contributed by atoms with Crippen molar-refractivity contribution in [3.05, 3.63) is 68.4 Å². The van der Waals surface area contributed by atoms with Crippen molar-refractivity contribution >= 4 is 38.9 Å². The molecule has 0 aliphatic carbocycles. The standard InChI is InChI=1S/C20H16N2O4S2/c1-11-2-7-15(28-11)14-10-27-20-18(14)19(25)21-16(22-20)8-12-3-5-13(6-4-12)26-9-17(23)24/h2-7,10H,8-9H2,1H3,(H,23,24)(H,21,22,25). The summed E-state index contributed by atoms with van der Waals surface area (Å²) >= 11 is 3.13. The van der Waals surface area contributed by atoms with Crippen LogP contribution >= 0.6 is 22.7 Å². The first-order chi connectivity index (χ1) is 13.5. The van der Waals surface area contributed by atoms with Gasteiger partial charge in [-0.25, -0.2) is 9.78 Å². The Morgan fingerprint density at radius 3 is 2.68 bits per heavy atom. The normalized spacial score (nSPS) is 11.0. The lowest BCUT2D eigenvalue weighted by molar-refractivity contribution is -0.139. The van der Waals surface area contributed by atoms with E-state index in [0.717, 1.165) is 20.8 Å². The van der Waals surface area contributed by atoms with Crippen molar-refractivity contribution in [2.24, 2.45) is 0 Å². The van der Waals surface area contributed by atoms with Crippen molar-refractivity contribution in [3.8, 4) is 16.2 Å². The average molecular weight is 412 g/mol. The zero-order valence-electron chi connectivity index (χ0n) is 14.9. The van der Waals surface area contributed by atoms with Crippen LogP contribution in [0.2, 0.25) is 0 Å². The molecule has 1 aromatic carbocycles. The number of hydrogen-bond donors (Lipinski definition) is 2. The van der Waals surface area contributed by atoms with Crippen molar-refractivity contribution in [2.45, 2.75) is 13.3 Å². The van der Waals surface area contributed by atoms with E-state index in [2.05, 4.69) is 9.97 Å². The number of H-pyrrole nitrogens is 1. The number of carbonyl (C=O) groups is 1. The van der Waals surface area contributed by atoms with Crippen LogP contribution in [-0.4, -0.2) is 27.7 Å². The van der Waals surface area contributed by atoms with Gasteiger partial charge >= 0.3 is 5.97 Å². The number of benzene rings is 1. The molecule has 2 N–H and O–H groups in total. The van der Waals surface area contributed by atoms with E-state index in [4.69, 9.17) is 9.84 Å². The Balaban J connectivity index is 1.58. The number of hydrogen-bond acceptors (Lipinski definition) is 6. The molecule has 0 radical (unpaired) electrons. The number of ether oxygens (including phenoxy) is 1. The zero-order valence-corrected chi connectivity index (χ0v) is 16.5.